The molecule has 0 aliphatic heterocycles. The molecule has 0 unspecified atom stereocenters. The van der Waals surface area contributed by atoms with Crippen LogP contribution in [0.2, 0.25) is 0 Å². The molecule has 0 amide bonds. The summed E-state index contributed by atoms with van der Waals surface area (Å²) < 4.78 is 3.52. The van der Waals surface area contributed by atoms with Gasteiger partial charge in [0.05, 0.1) is 22.9 Å². The van der Waals surface area contributed by atoms with Crippen molar-refractivity contribution in [2.45, 2.75) is 29.8 Å². The lowest BCUT2D eigenvalue weighted by molar-refractivity contribution is 0.355. The van der Waals surface area contributed by atoms with Gasteiger partial charge in [0.15, 0.2) is 0 Å². The number of H-pyrrole nitrogens is 1. The molecule has 0 radical (unpaired) electrons. The molecule has 5 rings (SSSR count). The third kappa shape index (κ3) is 3.72. The van der Waals surface area contributed by atoms with E-state index in [-0.39, 0.29) is 0 Å². The van der Waals surface area contributed by atoms with Crippen LogP contribution in [-0.4, -0.2) is 27.0 Å². The molecule has 6 nitrogen and oxygen atoms in total. The highest BCUT2D eigenvalue weighted by Crippen LogP contribution is 2.37. The number of pyridine rings is 1. The SMILES string of the molecule is N#Cc1cccc(SN[C@H]2C[C@@H](Nc3c(-c4nccs4)cnc4[nH]ccc34)C2)c1. The van der Waals surface area contributed by atoms with Crippen molar-refractivity contribution < 1.29 is 0 Å². The average Bonchev–Trinajstić information content (AvgIpc) is 3.41. The number of nitriles is 1. The first-order valence-corrected chi connectivity index (χ1v) is 11.0. The van der Waals surface area contributed by atoms with E-state index in [1.54, 1.807) is 23.3 Å². The Hall–Kier alpha value is -2.86. The second kappa shape index (κ2) is 7.87. The maximum Gasteiger partial charge on any atom is 0.139 e. The summed E-state index contributed by atoms with van der Waals surface area (Å²) in [5, 5.41) is 16.8. The van der Waals surface area contributed by atoms with Crippen LogP contribution in [0.5, 0.6) is 0 Å². The summed E-state index contributed by atoms with van der Waals surface area (Å²) in [6, 6.07) is 12.8. The van der Waals surface area contributed by atoms with Gasteiger partial charge < -0.3 is 10.3 Å². The second-order valence-electron chi connectivity index (χ2n) is 6.99. The Balaban J connectivity index is 1.26. The summed E-state index contributed by atoms with van der Waals surface area (Å²) in [5.41, 5.74) is 3.72. The zero-order valence-electron chi connectivity index (χ0n) is 15.4. The molecule has 0 atom stereocenters. The van der Waals surface area contributed by atoms with Gasteiger partial charge in [-0.25, -0.2) is 9.97 Å². The molecule has 29 heavy (non-hydrogen) atoms. The van der Waals surface area contributed by atoms with Crippen molar-refractivity contribution in [2.24, 2.45) is 0 Å². The standard InChI is InChI=1S/C21H18N6S2/c22-11-13-2-1-3-16(8-13)29-27-15-9-14(10-15)26-19-17-4-5-23-20(17)25-12-18(19)21-24-6-7-28-21/h1-8,12,14-15,27H,9-10H2,(H2,23,25,26)/t14-,15+. The molecular weight excluding hydrogens is 400 g/mol. The largest absolute Gasteiger partial charge is 0.381 e. The van der Waals surface area contributed by atoms with Crippen LogP contribution < -0.4 is 10.0 Å². The maximum atomic E-state index is 9.02. The molecule has 0 spiro atoms. The normalized spacial score (nSPS) is 18.3. The lowest BCUT2D eigenvalue weighted by Gasteiger charge is -2.37. The van der Waals surface area contributed by atoms with E-state index in [4.69, 9.17) is 5.26 Å². The van der Waals surface area contributed by atoms with Gasteiger partial charge in [-0.05, 0) is 49.1 Å². The van der Waals surface area contributed by atoms with E-state index in [0.29, 0.717) is 17.6 Å². The van der Waals surface area contributed by atoms with Crippen molar-refractivity contribution in [3.05, 3.63) is 59.9 Å². The highest BCUT2D eigenvalue weighted by Gasteiger charge is 2.30. The van der Waals surface area contributed by atoms with Gasteiger partial charge in [0.25, 0.3) is 0 Å². The summed E-state index contributed by atoms with van der Waals surface area (Å²) in [4.78, 5) is 13.3. The number of rotatable bonds is 6. The van der Waals surface area contributed by atoms with E-state index < -0.39 is 0 Å². The van der Waals surface area contributed by atoms with Crippen molar-refractivity contribution in [1.29, 1.82) is 5.26 Å². The first-order valence-electron chi connectivity index (χ1n) is 9.35. The number of thiazole rings is 1. The second-order valence-corrected chi connectivity index (χ2v) is 8.80. The van der Waals surface area contributed by atoms with Gasteiger partial charge in [0, 0.05) is 46.3 Å². The molecule has 1 aliphatic rings. The molecule has 1 fully saturated rings. The van der Waals surface area contributed by atoms with Gasteiger partial charge in [-0.3, -0.25) is 4.72 Å². The van der Waals surface area contributed by atoms with Gasteiger partial charge in [0.1, 0.15) is 10.7 Å². The summed E-state index contributed by atoms with van der Waals surface area (Å²) in [5.74, 6) is 0. The fourth-order valence-electron chi connectivity index (χ4n) is 3.50. The number of nitrogens with zero attached hydrogens (tertiary/aromatic N) is 3. The fourth-order valence-corrected chi connectivity index (χ4v) is 4.98. The molecule has 0 bridgehead atoms. The minimum atomic E-state index is 0.401. The Kier molecular flexibility index (Phi) is 4.94. The number of nitrogens with one attached hydrogen (secondary N) is 3. The molecule has 8 heteroatoms. The van der Waals surface area contributed by atoms with Crippen LogP contribution in [-0.2, 0) is 0 Å². The molecule has 1 saturated carbocycles. The minimum absolute atomic E-state index is 0.401. The van der Waals surface area contributed by atoms with E-state index in [2.05, 4.69) is 37.1 Å². The topological polar surface area (TPSA) is 89.4 Å². The number of aromatic amines is 1. The monoisotopic (exact) mass is 418 g/mol. The molecule has 4 aromatic rings. The summed E-state index contributed by atoms with van der Waals surface area (Å²) in [6.45, 7) is 0. The van der Waals surface area contributed by atoms with Gasteiger partial charge >= 0.3 is 0 Å². The maximum absolute atomic E-state index is 9.02. The predicted molar refractivity (Wildman–Crippen MR) is 118 cm³/mol. The Morgan fingerprint density at radius 1 is 1.21 bits per heavy atom. The molecule has 1 aromatic carbocycles. The number of aromatic nitrogens is 3. The minimum Gasteiger partial charge on any atom is -0.381 e. The van der Waals surface area contributed by atoms with E-state index in [0.717, 1.165) is 45.0 Å². The smallest absolute Gasteiger partial charge is 0.139 e. The molecule has 144 valence electrons. The van der Waals surface area contributed by atoms with Crippen molar-refractivity contribution in [2.75, 3.05) is 5.32 Å². The summed E-state index contributed by atoms with van der Waals surface area (Å²) >= 11 is 3.22. The third-order valence-corrected chi connectivity index (χ3v) is 6.79. The summed E-state index contributed by atoms with van der Waals surface area (Å²) in [6.07, 6.45) is 7.72. The van der Waals surface area contributed by atoms with E-state index >= 15 is 0 Å². The van der Waals surface area contributed by atoms with Crippen LogP contribution in [0.15, 0.2) is 59.2 Å². The van der Waals surface area contributed by atoms with Gasteiger partial charge in [-0.1, -0.05) is 6.07 Å². The number of anilines is 1. The van der Waals surface area contributed by atoms with Crippen LogP contribution in [0.25, 0.3) is 21.6 Å². The molecule has 3 heterocycles. The quantitative estimate of drug-likeness (QED) is 0.390. The Labute approximate surface area is 176 Å². The van der Waals surface area contributed by atoms with Crippen LogP contribution in [0.3, 0.4) is 0 Å². The lowest BCUT2D eigenvalue weighted by atomic mass is 9.87. The predicted octanol–water partition coefficient (Wildman–Crippen LogP) is 4.80. The fraction of sp³-hybridized carbons (Fsp3) is 0.190. The number of hydrogen-bond acceptors (Lipinski definition) is 7. The average molecular weight is 419 g/mol. The third-order valence-electron chi connectivity index (χ3n) is 5.04. The molecule has 3 aromatic heterocycles. The Morgan fingerprint density at radius 2 is 2.14 bits per heavy atom. The first-order chi connectivity index (χ1) is 14.3. The van der Waals surface area contributed by atoms with Crippen molar-refractivity contribution in [1.82, 2.24) is 19.7 Å². The van der Waals surface area contributed by atoms with E-state index in [1.165, 1.54) is 0 Å². The number of benzene rings is 1. The highest BCUT2D eigenvalue weighted by molar-refractivity contribution is 7.97. The highest BCUT2D eigenvalue weighted by atomic mass is 32.2. The first kappa shape index (κ1) is 18.2. The van der Waals surface area contributed by atoms with Gasteiger partial charge in [0.2, 0.25) is 0 Å². The van der Waals surface area contributed by atoms with Crippen molar-refractivity contribution in [3.63, 3.8) is 0 Å². The molecular formula is C21H18N6S2. The van der Waals surface area contributed by atoms with Crippen LogP contribution in [0.1, 0.15) is 18.4 Å². The van der Waals surface area contributed by atoms with E-state index in [1.807, 2.05) is 48.2 Å². The van der Waals surface area contributed by atoms with Crippen molar-refractivity contribution >= 4 is 40.0 Å². The zero-order valence-corrected chi connectivity index (χ0v) is 17.1. The number of hydrogen-bond donors (Lipinski definition) is 3. The van der Waals surface area contributed by atoms with Gasteiger partial charge in [-0.15, -0.1) is 11.3 Å². The summed E-state index contributed by atoms with van der Waals surface area (Å²) in [7, 11) is 0. The van der Waals surface area contributed by atoms with Crippen molar-refractivity contribution in [3.8, 4) is 16.6 Å². The molecule has 1 aliphatic carbocycles. The van der Waals surface area contributed by atoms with E-state index in [9.17, 15) is 0 Å². The van der Waals surface area contributed by atoms with Crippen LogP contribution in [0.4, 0.5) is 5.69 Å². The molecule has 0 saturated heterocycles. The zero-order chi connectivity index (χ0) is 19.6. The van der Waals surface area contributed by atoms with Crippen LogP contribution >= 0.6 is 23.3 Å². The van der Waals surface area contributed by atoms with Crippen LogP contribution in [0, 0.1) is 11.3 Å². The van der Waals surface area contributed by atoms with Gasteiger partial charge in [-0.2, -0.15) is 5.26 Å². The Bertz CT molecular complexity index is 1170. The lowest BCUT2D eigenvalue weighted by Crippen LogP contribution is -2.45. The molecule has 3 N–H and O–H groups in total. The Morgan fingerprint density at radius 3 is 2.97 bits per heavy atom. The number of fused-ring (bicyclic) bond motifs is 1.